The molecule has 1 saturated heterocycles. The van der Waals surface area contributed by atoms with E-state index >= 15 is 0 Å². The Labute approximate surface area is 151 Å². The van der Waals surface area contributed by atoms with Crippen molar-refractivity contribution in [2.75, 3.05) is 11.9 Å². The van der Waals surface area contributed by atoms with Crippen LogP contribution in [0.3, 0.4) is 0 Å². The van der Waals surface area contributed by atoms with E-state index in [9.17, 15) is 19.2 Å². The van der Waals surface area contributed by atoms with E-state index < -0.39 is 24.0 Å². The molecular formula is C16H16BrN3O5. The summed E-state index contributed by atoms with van der Waals surface area (Å²) < 4.78 is 0.727. The number of hydrogen-bond donors (Lipinski definition) is 3. The fourth-order valence-corrected chi connectivity index (χ4v) is 3.52. The van der Waals surface area contributed by atoms with Crippen LogP contribution in [0.15, 0.2) is 22.7 Å². The number of hydrogen-bond acceptors (Lipinski definition) is 4. The largest absolute Gasteiger partial charge is 0.481 e. The molecule has 2 heterocycles. The van der Waals surface area contributed by atoms with E-state index in [1.54, 1.807) is 18.2 Å². The van der Waals surface area contributed by atoms with Crippen LogP contribution in [0.4, 0.5) is 5.69 Å². The van der Waals surface area contributed by atoms with E-state index in [0.29, 0.717) is 24.2 Å². The molecule has 132 valence electrons. The Bertz CT molecular complexity index is 766. The molecule has 1 fully saturated rings. The molecule has 2 unspecified atom stereocenters. The van der Waals surface area contributed by atoms with Crippen LogP contribution in [0.25, 0.3) is 0 Å². The summed E-state index contributed by atoms with van der Waals surface area (Å²) in [5.74, 6) is -2.15. The molecule has 3 amide bonds. The second-order valence-electron chi connectivity index (χ2n) is 5.98. The number of carbonyl (C=O) groups excluding carboxylic acids is 3. The van der Waals surface area contributed by atoms with Gasteiger partial charge < -0.3 is 20.6 Å². The molecule has 2 aliphatic rings. The first-order chi connectivity index (χ1) is 11.9. The first-order valence-electron chi connectivity index (χ1n) is 7.79. The molecule has 3 rings (SSSR count). The predicted molar refractivity (Wildman–Crippen MR) is 91.0 cm³/mol. The molecule has 0 saturated carbocycles. The Kier molecular flexibility index (Phi) is 4.76. The number of carboxylic acids is 1. The molecule has 1 aromatic rings. The highest BCUT2D eigenvalue weighted by molar-refractivity contribution is 9.10. The first-order valence-corrected chi connectivity index (χ1v) is 8.58. The highest BCUT2D eigenvalue weighted by Gasteiger charge is 2.45. The van der Waals surface area contributed by atoms with Crippen LogP contribution in [0, 0.1) is 0 Å². The van der Waals surface area contributed by atoms with E-state index in [0.717, 1.165) is 4.47 Å². The number of amides is 3. The molecule has 2 aliphatic heterocycles. The number of fused-ring (bicyclic) bond motifs is 2. The van der Waals surface area contributed by atoms with Gasteiger partial charge in [-0.1, -0.05) is 15.9 Å². The van der Waals surface area contributed by atoms with E-state index in [1.807, 2.05) is 0 Å². The van der Waals surface area contributed by atoms with Crippen molar-refractivity contribution >= 4 is 45.3 Å². The second kappa shape index (κ2) is 6.83. The molecule has 9 heteroatoms. The Morgan fingerprint density at radius 2 is 2.08 bits per heavy atom. The quantitative estimate of drug-likeness (QED) is 0.684. The van der Waals surface area contributed by atoms with Crippen molar-refractivity contribution in [2.24, 2.45) is 0 Å². The molecule has 2 atom stereocenters. The Morgan fingerprint density at radius 3 is 2.80 bits per heavy atom. The highest BCUT2D eigenvalue weighted by atomic mass is 79.9. The SMILES string of the molecule is O=C(O)CCC(=O)NC1CCN2C(=O)c3cc(Br)ccc3NC(=O)C12. The van der Waals surface area contributed by atoms with Crippen LogP contribution in [0.2, 0.25) is 0 Å². The van der Waals surface area contributed by atoms with Crippen molar-refractivity contribution in [3.8, 4) is 0 Å². The molecule has 0 spiro atoms. The van der Waals surface area contributed by atoms with Gasteiger partial charge in [-0.2, -0.15) is 0 Å². The Hall–Kier alpha value is -2.42. The maximum absolute atomic E-state index is 12.8. The number of rotatable bonds is 4. The van der Waals surface area contributed by atoms with Crippen molar-refractivity contribution in [3.63, 3.8) is 0 Å². The molecule has 25 heavy (non-hydrogen) atoms. The van der Waals surface area contributed by atoms with Crippen LogP contribution in [0.5, 0.6) is 0 Å². The predicted octanol–water partition coefficient (Wildman–Crippen LogP) is 0.965. The summed E-state index contributed by atoms with van der Waals surface area (Å²) in [7, 11) is 0. The summed E-state index contributed by atoms with van der Waals surface area (Å²) in [5.41, 5.74) is 0.826. The maximum atomic E-state index is 12.8. The van der Waals surface area contributed by atoms with E-state index in [4.69, 9.17) is 5.11 Å². The number of halogens is 1. The number of anilines is 1. The fourth-order valence-electron chi connectivity index (χ4n) is 3.16. The lowest BCUT2D eigenvalue weighted by Gasteiger charge is -2.24. The highest BCUT2D eigenvalue weighted by Crippen LogP contribution is 2.30. The molecule has 0 bridgehead atoms. The molecule has 3 N–H and O–H groups in total. The number of carbonyl (C=O) groups is 4. The topological polar surface area (TPSA) is 116 Å². The van der Waals surface area contributed by atoms with Crippen LogP contribution in [-0.2, 0) is 14.4 Å². The molecular weight excluding hydrogens is 394 g/mol. The monoisotopic (exact) mass is 409 g/mol. The van der Waals surface area contributed by atoms with Crippen molar-refractivity contribution in [1.82, 2.24) is 10.2 Å². The summed E-state index contributed by atoms with van der Waals surface area (Å²) in [6, 6.07) is 3.68. The van der Waals surface area contributed by atoms with Crippen LogP contribution in [0.1, 0.15) is 29.6 Å². The third kappa shape index (κ3) is 3.51. The van der Waals surface area contributed by atoms with Crippen LogP contribution < -0.4 is 10.6 Å². The Balaban J connectivity index is 1.79. The van der Waals surface area contributed by atoms with E-state index in [-0.39, 0.29) is 24.7 Å². The van der Waals surface area contributed by atoms with Gasteiger partial charge in [0.05, 0.1) is 23.7 Å². The molecule has 0 aliphatic carbocycles. The smallest absolute Gasteiger partial charge is 0.303 e. The van der Waals surface area contributed by atoms with Gasteiger partial charge in [0.25, 0.3) is 5.91 Å². The van der Waals surface area contributed by atoms with Crippen molar-refractivity contribution < 1.29 is 24.3 Å². The summed E-state index contributed by atoms with van der Waals surface area (Å²) in [6.07, 6.45) is -0.00913. The summed E-state index contributed by atoms with van der Waals surface area (Å²) in [5, 5.41) is 14.1. The van der Waals surface area contributed by atoms with Gasteiger partial charge in [-0.05, 0) is 24.6 Å². The number of aliphatic carboxylic acids is 1. The lowest BCUT2D eigenvalue weighted by molar-refractivity contribution is -0.139. The minimum Gasteiger partial charge on any atom is -0.481 e. The molecule has 0 aromatic heterocycles. The van der Waals surface area contributed by atoms with Crippen molar-refractivity contribution in [1.29, 1.82) is 0 Å². The number of nitrogens with one attached hydrogen (secondary N) is 2. The van der Waals surface area contributed by atoms with Crippen LogP contribution >= 0.6 is 15.9 Å². The number of nitrogens with zero attached hydrogens (tertiary/aromatic N) is 1. The van der Waals surface area contributed by atoms with Gasteiger partial charge in [0.1, 0.15) is 6.04 Å². The standard InChI is InChI=1S/C16H16BrN3O5/c17-8-1-2-10-9(7-8)16(25)20-6-5-11(14(20)15(24)19-10)18-12(21)3-4-13(22)23/h1-2,7,11,14H,3-6H2,(H,18,21)(H,19,24)(H,22,23). The average molecular weight is 410 g/mol. The van der Waals surface area contributed by atoms with Gasteiger partial charge >= 0.3 is 5.97 Å². The lowest BCUT2D eigenvalue weighted by atomic mass is 10.1. The normalized spacial score (nSPS) is 21.9. The van der Waals surface area contributed by atoms with Gasteiger partial charge in [-0.25, -0.2) is 0 Å². The van der Waals surface area contributed by atoms with E-state index in [2.05, 4.69) is 26.6 Å². The van der Waals surface area contributed by atoms with E-state index in [1.165, 1.54) is 4.90 Å². The third-order valence-corrected chi connectivity index (χ3v) is 4.80. The molecule has 8 nitrogen and oxygen atoms in total. The zero-order chi connectivity index (χ0) is 18.1. The molecule has 0 radical (unpaired) electrons. The van der Waals surface area contributed by atoms with Gasteiger partial charge in [-0.15, -0.1) is 0 Å². The van der Waals surface area contributed by atoms with Gasteiger partial charge in [0, 0.05) is 17.4 Å². The number of carboxylic acid groups (broad SMARTS) is 1. The summed E-state index contributed by atoms with van der Waals surface area (Å²) >= 11 is 3.32. The lowest BCUT2D eigenvalue weighted by Crippen LogP contribution is -2.51. The zero-order valence-corrected chi connectivity index (χ0v) is 14.7. The van der Waals surface area contributed by atoms with Crippen molar-refractivity contribution in [2.45, 2.75) is 31.3 Å². The van der Waals surface area contributed by atoms with Gasteiger partial charge in [-0.3, -0.25) is 19.2 Å². The van der Waals surface area contributed by atoms with Crippen LogP contribution in [-0.4, -0.2) is 52.3 Å². The van der Waals surface area contributed by atoms with Gasteiger partial charge in [0.2, 0.25) is 11.8 Å². The fraction of sp³-hybridized carbons (Fsp3) is 0.375. The maximum Gasteiger partial charge on any atom is 0.303 e. The van der Waals surface area contributed by atoms with Crippen molar-refractivity contribution in [3.05, 3.63) is 28.2 Å². The van der Waals surface area contributed by atoms with Gasteiger partial charge in [0.15, 0.2) is 0 Å². The third-order valence-electron chi connectivity index (χ3n) is 4.31. The second-order valence-corrected chi connectivity index (χ2v) is 6.89. The minimum absolute atomic E-state index is 0.165. The summed E-state index contributed by atoms with van der Waals surface area (Å²) in [4.78, 5) is 49.3. The number of benzene rings is 1. The Morgan fingerprint density at radius 1 is 1.32 bits per heavy atom. The minimum atomic E-state index is -1.06. The first kappa shape index (κ1) is 17.4. The summed E-state index contributed by atoms with van der Waals surface area (Å²) in [6.45, 7) is 0.340. The average Bonchev–Trinajstić information content (AvgIpc) is 2.93. The molecule has 1 aromatic carbocycles. The zero-order valence-electron chi connectivity index (χ0n) is 13.1.